The molecule has 0 spiro atoms. The Morgan fingerprint density at radius 3 is 2.36 bits per heavy atom. The molecule has 20 heteroatoms. The molecular weight excluding hydrogens is 987 g/mol. The molecule has 1 aliphatic carbocycles. The van der Waals surface area contributed by atoms with Gasteiger partial charge in [-0.2, -0.15) is 5.10 Å². The highest BCUT2D eigenvalue weighted by molar-refractivity contribution is 6.34. The number of amides is 5. The first kappa shape index (κ1) is 51.2. The van der Waals surface area contributed by atoms with Crippen LogP contribution in [0.25, 0.3) is 22.0 Å². The molecule has 3 atom stereocenters. The molecule has 5 aliphatic rings. The van der Waals surface area contributed by atoms with Crippen LogP contribution in [0.4, 0.5) is 32.6 Å². The van der Waals surface area contributed by atoms with Crippen LogP contribution in [0.1, 0.15) is 104 Å². The van der Waals surface area contributed by atoms with Crippen LogP contribution < -0.4 is 30.7 Å². The number of primary amides is 1. The number of likely N-dealkylation sites (tertiary alicyclic amines) is 2. The second kappa shape index (κ2) is 20.8. The van der Waals surface area contributed by atoms with Gasteiger partial charge in [0.15, 0.2) is 23.2 Å². The van der Waals surface area contributed by atoms with Crippen LogP contribution in [-0.2, 0) is 22.2 Å². The van der Waals surface area contributed by atoms with Crippen molar-refractivity contribution in [3.05, 3.63) is 105 Å². The van der Waals surface area contributed by atoms with Gasteiger partial charge in [0, 0.05) is 91.8 Å². The minimum atomic E-state index is -1.09. The third-order valence-electron chi connectivity index (χ3n) is 16.1. The van der Waals surface area contributed by atoms with Crippen molar-refractivity contribution in [2.45, 2.75) is 94.2 Å². The molecule has 1 saturated carbocycles. The molecule has 3 saturated heterocycles. The summed E-state index contributed by atoms with van der Waals surface area (Å²) in [7, 11) is 1.55. The lowest BCUT2D eigenvalue weighted by molar-refractivity contribution is -0.135. The van der Waals surface area contributed by atoms with E-state index in [9.17, 15) is 23.6 Å². The monoisotopic (exact) mass is 1040 g/mol. The Hall–Kier alpha value is -6.31. The number of aryl methyl sites for hydroxylation is 1. The van der Waals surface area contributed by atoms with Crippen LogP contribution in [0.3, 0.4) is 0 Å². The quantitative estimate of drug-likeness (QED) is 0.0923. The van der Waals surface area contributed by atoms with E-state index < -0.39 is 70.9 Å². The van der Waals surface area contributed by atoms with E-state index in [0.29, 0.717) is 70.4 Å². The average Bonchev–Trinajstić information content (AvgIpc) is 4.09. The van der Waals surface area contributed by atoms with E-state index in [-0.39, 0.29) is 93.3 Å². The molecule has 4 aromatic carbocycles. The van der Waals surface area contributed by atoms with Crippen molar-refractivity contribution in [2.75, 3.05) is 57.4 Å². The number of ether oxygens (including phenoxy) is 2. The van der Waals surface area contributed by atoms with Gasteiger partial charge in [-0.25, -0.2) is 26.7 Å². The number of nitrogens with zero attached hydrogens (tertiary/aromatic N) is 5. The summed E-state index contributed by atoms with van der Waals surface area (Å²) in [5.41, 5.74) is 5.21. The molecule has 5 amide bonds. The summed E-state index contributed by atoms with van der Waals surface area (Å²) in [5, 5.41) is 10.0. The largest absolute Gasteiger partial charge is 0.488 e. The van der Waals surface area contributed by atoms with Gasteiger partial charge in [0.1, 0.15) is 41.8 Å². The van der Waals surface area contributed by atoms with E-state index in [1.54, 1.807) is 7.05 Å². The highest BCUT2D eigenvalue weighted by Crippen LogP contribution is 2.58. The molecule has 1 unspecified atom stereocenters. The molecule has 10 rings (SSSR count). The number of carbonyl (C=O) groups is 4. The van der Waals surface area contributed by atoms with E-state index in [2.05, 4.69) is 20.6 Å². The highest BCUT2D eigenvalue weighted by atomic mass is 35.5. The molecule has 4 aliphatic heterocycles. The molecular formula is C54H58ClF5N8O6. The number of rotatable bonds is 14. The third kappa shape index (κ3) is 9.22. The number of imide groups is 1. The van der Waals surface area contributed by atoms with E-state index in [1.807, 2.05) is 42.2 Å². The van der Waals surface area contributed by atoms with Crippen LogP contribution in [0, 0.1) is 29.2 Å². The van der Waals surface area contributed by atoms with Gasteiger partial charge in [-0.1, -0.05) is 48.9 Å². The lowest BCUT2D eigenvalue weighted by atomic mass is 9.75. The Morgan fingerprint density at radius 1 is 0.919 bits per heavy atom. The molecule has 4 N–H and O–H groups in total. The highest BCUT2D eigenvalue weighted by Gasteiger charge is 2.50. The maximum absolute atomic E-state index is 16.4. The molecule has 0 radical (unpaired) electrons. The number of piperidine rings is 1. The maximum Gasteiger partial charge on any atom is 0.329 e. The molecule has 4 fully saturated rings. The van der Waals surface area contributed by atoms with Gasteiger partial charge in [-0.05, 0) is 94.3 Å². The Bertz CT molecular complexity index is 3020. The van der Waals surface area contributed by atoms with Gasteiger partial charge >= 0.3 is 6.03 Å². The van der Waals surface area contributed by atoms with Crippen molar-refractivity contribution in [3.63, 3.8) is 0 Å². The fraction of sp³-hybridized carbons (Fsp3) is 0.463. The zero-order valence-corrected chi connectivity index (χ0v) is 41.9. The number of anilines is 1. The zero-order chi connectivity index (χ0) is 52.2. The molecule has 392 valence electrons. The van der Waals surface area contributed by atoms with E-state index in [0.717, 1.165) is 24.8 Å². The van der Waals surface area contributed by atoms with Crippen molar-refractivity contribution >= 4 is 52.1 Å². The van der Waals surface area contributed by atoms with Crippen molar-refractivity contribution < 1.29 is 50.6 Å². The molecule has 5 aromatic rings. The topological polar surface area (TPSA) is 164 Å². The molecule has 14 nitrogen and oxygen atoms in total. The number of nitrogens with two attached hydrogens (primary N) is 1. The summed E-state index contributed by atoms with van der Waals surface area (Å²) >= 11 is 6.69. The number of fused-ring (bicyclic) bond motifs is 2. The Morgan fingerprint density at radius 2 is 1.66 bits per heavy atom. The summed E-state index contributed by atoms with van der Waals surface area (Å²) in [6.45, 7) is 3.55. The smallest absolute Gasteiger partial charge is 0.329 e. The number of hydrogen-bond acceptors (Lipinski definition) is 9. The molecule has 5 heterocycles. The number of urea groups is 1. The second-order valence-corrected chi connectivity index (χ2v) is 20.6. The Labute approximate surface area is 429 Å². The van der Waals surface area contributed by atoms with Crippen LogP contribution in [-0.4, -0.2) is 108 Å². The average molecular weight is 1050 g/mol. The SMILES string of the molecule is C[C@H]1c2c(cc(F)c(Cl)c2-c2c(C(N)=O)ccc(OCCF)c2F)OC1(CCNC1CCC(C(=O)N2CC[C@@H](N3CCC(c4c(F)cc5c(N6CCC(=O)NC6=O)nn(C)c5c4F)CC3)C2)CC1)c1ccccc1. The molecule has 1 aromatic heterocycles. The summed E-state index contributed by atoms with van der Waals surface area (Å²) in [4.78, 5) is 56.6. The maximum atomic E-state index is 16.4. The van der Waals surface area contributed by atoms with Gasteiger partial charge in [-0.3, -0.25) is 34.2 Å². The van der Waals surface area contributed by atoms with Crippen LogP contribution in [0.15, 0.2) is 54.6 Å². The number of carbonyl (C=O) groups excluding carboxylic acids is 4. The third-order valence-corrected chi connectivity index (χ3v) is 16.5. The number of aromatic nitrogens is 2. The van der Waals surface area contributed by atoms with Gasteiger partial charge in [0.25, 0.3) is 0 Å². The molecule has 0 bridgehead atoms. The zero-order valence-electron chi connectivity index (χ0n) is 41.1. The van der Waals surface area contributed by atoms with Crippen molar-refractivity contribution in [1.29, 1.82) is 0 Å². The van der Waals surface area contributed by atoms with Gasteiger partial charge in [0.2, 0.25) is 17.7 Å². The van der Waals surface area contributed by atoms with Gasteiger partial charge in [0.05, 0.1) is 16.0 Å². The first-order chi connectivity index (χ1) is 35.6. The number of hydrogen-bond donors (Lipinski definition) is 3. The minimum absolute atomic E-state index is 0.0121. The number of alkyl halides is 1. The number of nitrogens with one attached hydrogen (secondary N) is 2. The predicted octanol–water partition coefficient (Wildman–Crippen LogP) is 8.75. The second-order valence-electron chi connectivity index (χ2n) is 20.2. The Balaban J connectivity index is 0.755. The summed E-state index contributed by atoms with van der Waals surface area (Å²) in [6.07, 6.45) is 5.28. The fourth-order valence-corrected chi connectivity index (χ4v) is 12.6. The Kier molecular flexibility index (Phi) is 14.4. The summed E-state index contributed by atoms with van der Waals surface area (Å²) in [5.74, 6) is -5.76. The van der Waals surface area contributed by atoms with Crippen molar-refractivity contribution in [2.24, 2.45) is 18.7 Å². The van der Waals surface area contributed by atoms with Crippen LogP contribution >= 0.6 is 11.6 Å². The standard InChI is InChI=1S/C54H58ClF5N8O6/c1-29-42-40(27-38(58)46(55)45(42)44-35(50(61)70)12-13-39(47(44)59)73-25-19-56)74-54(29,32-6-4-3-5-7-32)18-20-62-33-10-8-31(9-11-33)52(71)67-23-16-34(28-67)66-21-14-30(15-22-66)43-37(57)26-36-49(48(43)60)65(2)64-51(36)68-24-17-41(69)63-53(68)72/h3-7,12-13,26-27,29-31,33-34,62H,8-11,14-25,28H2,1-2H3,(H2,61,70)(H,63,69,72)/t29-,31?,33?,34+,54?/m0/s1. The van der Waals surface area contributed by atoms with Crippen molar-refractivity contribution in [3.8, 4) is 22.6 Å². The predicted molar refractivity (Wildman–Crippen MR) is 267 cm³/mol. The summed E-state index contributed by atoms with van der Waals surface area (Å²) < 4.78 is 90.9. The number of benzene rings is 4. The lowest BCUT2D eigenvalue weighted by Crippen LogP contribution is -2.49. The first-order valence-corrected chi connectivity index (χ1v) is 25.8. The molecule has 74 heavy (non-hydrogen) atoms. The van der Waals surface area contributed by atoms with Gasteiger partial charge < -0.3 is 25.4 Å². The van der Waals surface area contributed by atoms with E-state index in [1.165, 1.54) is 33.8 Å². The van der Waals surface area contributed by atoms with Crippen LogP contribution in [0.2, 0.25) is 5.02 Å². The van der Waals surface area contributed by atoms with Crippen molar-refractivity contribution in [1.82, 2.24) is 30.2 Å². The van der Waals surface area contributed by atoms with E-state index >= 15 is 17.6 Å². The van der Waals surface area contributed by atoms with E-state index in [4.69, 9.17) is 26.8 Å². The number of halogens is 6. The lowest BCUT2D eigenvalue weighted by Gasteiger charge is -2.37. The van der Waals surface area contributed by atoms with Crippen LogP contribution in [0.5, 0.6) is 11.5 Å². The normalized spacial score (nSPS) is 23.6. The summed E-state index contributed by atoms with van der Waals surface area (Å²) in [6, 6.07) is 13.8. The first-order valence-electron chi connectivity index (χ1n) is 25.4. The fourth-order valence-electron chi connectivity index (χ4n) is 12.4. The van der Waals surface area contributed by atoms with Gasteiger partial charge in [-0.15, -0.1) is 0 Å². The minimum Gasteiger partial charge on any atom is -0.488 e.